The zero-order valence-corrected chi connectivity index (χ0v) is 16.3. The van der Waals surface area contributed by atoms with Crippen LogP contribution < -0.4 is 14.2 Å². The Morgan fingerprint density at radius 2 is 2.04 bits per heavy atom. The highest BCUT2D eigenvalue weighted by molar-refractivity contribution is 8.01. The van der Waals surface area contributed by atoms with E-state index in [1.165, 1.54) is 11.3 Å². The number of hydrogen-bond acceptors (Lipinski definition) is 7. The van der Waals surface area contributed by atoms with Crippen LogP contribution in [0.3, 0.4) is 0 Å². The van der Waals surface area contributed by atoms with Gasteiger partial charge in [-0.25, -0.2) is 18.1 Å². The van der Waals surface area contributed by atoms with Crippen molar-refractivity contribution in [1.82, 2.24) is 9.71 Å². The molecule has 6 nitrogen and oxygen atoms in total. The minimum atomic E-state index is -3.62. The average molecular weight is 409 g/mol. The van der Waals surface area contributed by atoms with Gasteiger partial charge < -0.3 is 9.47 Å². The summed E-state index contributed by atoms with van der Waals surface area (Å²) in [5.74, 6) is 2.24. The number of sulfonamides is 1. The van der Waals surface area contributed by atoms with Crippen LogP contribution in [0, 0.1) is 0 Å². The van der Waals surface area contributed by atoms with Gasteiger partial charge in [0.05, 0.1) is 15.1 Å². The molecule has 0 radical (unpaired) electrons. The highest BCUT2D eigenvalue weighted by Crippen LogP contribution is 2.33. The second-order valence-corrected chi connectivity index (χ2v) is 9.86. The maximum atomic E-state index is 12.6. The molecule has 9 heteroatoms. The van der Waals surface area contributed by atoms with Crippen LogP contribution in [0.15, 0.2) is 45.6 Å². The first-order valence-electron chi connectivity index (χ1n) is 7.97. The van der Waals surface area contributed by atoms with Crippen molar-refractivity contribution in [1.29, 1.82) is 0 Å². The number of thiazole rings is 1. The largest absolute Gasteiger partial charge is 0.454 e. The Hall–Kier alpha value is -1.81. The summed E-state index contributed by atoms with van der Waals surface area (Å²) in [4.78, 5) is 4.73. The molecule has 1 aromatic heterocycles. The van der Waals surface area contributed by atoms with E-state index in [1.54, 1.807) is 42.1 Å². The fourth-order valence-electron chi connectivity index (χ4n) is 2.55. The van der Waals surface area contributed by atoms with Crippen molar-refractivity contribution in [2.45, 2.75) is 22.7 Å². The molecule has 0 aliphatic carbocycles. The van der Waals surface area contributed by atoms with Crippen molar-refractivity contribution in [2.24, 2.45) is 0 Å². The molecule has 136 valence electrons. The molecule has 0 saturated heterocycles. The average Bonchev–Trinajstić information content (AvgIpc) is 3.25. The van der Waals surface area contributed by atoms with Crippen molar-refractivity contribution in [3.8, 4) is 11.5 Å². The quantitative estimate of drug-likeness (QED) is 0.628. The number of thioether (sulfide) groups is 1. The maximum Gasteiger partial charge on any atom is 0.240 e. The highest BCUT2D eigenvalue weighted by atomic mass is 32.2. The molecule has 1 N–H and O–H groups in total. The van der Waals surface area contributed by atoms with Gasteiger partial charge in [0, 0.05) is 6.54 Å². The standard InChI is InChI=1S/C17H16N2O4S3/c1-2-24-17-19-13-5-4-12(8-16(13)25-17)26(20,21)18-9-11-3-6-14-15(7-11)23-10-22-14/h3-8,18H,2,9-10H2,1H3. The number of fused-ring (bicyclic) bond motifs is 2. The third-order valence-corrected chi connectivity index (χ3v) is 7.26. The molecule has 4 rings (SSSR count). The van der Waals surface area contributed by atoms with Gasteiger partial charge in [-0.3, -0.25) is 0 Å². The van der Waals surface area contributed by atoms with E-state index in [1.807, 2.05) is 6.07 Å². The van der Waals surface area contributed by atoms with Gasteiger partial charge in [-0.1, -0.05) is 24.8 Å². The van der Waals surface area contributed by atoms with Crippen LogP contribution in [-0.2, 0) is 16.6 Å². The molecule has 0 amide bonds. The second kappa shape index (κ2) is 7.07. The smallest absolute Gasteiger partial charge is 0.240 e. The Labute approximate surface area is 159 Å². The number of benzene rings is 2. The normalized spacial score (nSPS) is 13.4. The molecule has 1 aliphatic rings. The van der Waals surface area contributed by atoms with Crippen molar-refractivity contribution >= 4 is 43.3 Å². The summed E-state index contributed by atoms with van der Waals surface area (Å²) >= 11 is 3.16. The van der Waals surface area contributed by atoms with Crippen molar-refractivity contribution < 1.29 is 17.9 Å². The first-order valence-corrected chi connectivity index (χ1v) is 11.3. The third-order valence-electron chi connectivity index (χ3n) is 3.82. The van der Waals surface area contributed by atoms with E-state index in [0.717, 1.165) is 25.9 Å². The zero-order valence-electron chi connectivity index (χ0n) is 13.9. The molecule has 0 fully saturated rings. The van der Waals surface area contributed by atoms with E-state index in [4.69, 9.17) is 9.47 Å². The summed E-state index contributed by atoms with van der Waals surface area (Å²) < 4.78 is 40.3. The van der Waals surface area contributed by atoms with Crippen LogP contribution in [-0.4, -0.2) is 25.9 Å². The molecule has 2 aromatic carbocycles. The molecule has 1 aliphatic heterocycles. The highest BCUT2D eigenvalue weighted by Gasteiger charge is 2.17. The van der Waals surface area contributed by atoms with E-state index in [0.29, 0.717) is 11.5 Å². The molecule has 0 saturated carbocycles. The Morgan fingerprint density at radius 3 is 2.88 bits per heavy atom. The maximum absolute atomic E-state index is 12.6. The lowest BCUT2D eigenvalue weighted by atomic mass is 10.2. The fraction of sp³-hybridized carbons (Fsp3) is 0.235. The van der Waals surface area contributed by atoms with E-state index < -0.39 is 10.0 Å². The number of aromatic nitrogens is 1. The summed E-state index contributed by atoms with van der Waals surface area (Å²) in [6.07, 6.45) is 0. The summed E-state index contributed by atoms with van der Waals surface area (Å²) in [5, 5.41) is 0. The van der Waals surface area contributed by atoms with Gasteiger partial charge in [0.25, 0.3) is 0 Å². The van der Waals surface area contributed by atoms with Gasteiger partial charge >= 0.3 is 0 Å². The predicted molar refractivity (Wildman–Crippen MR) is 103 cm³/mol. The summed E-state index contributed by atoms with van der Waals surface area (Å²) in [7, 11) is -3.62. The third kappa shape index (κ3) is 3.52. The monoisotopic (exact) mass is 408 g/mol. The summed E-state index contributed by atoms with van der Waals surface area (Å²) in [6, 6.07) is 10.4. The number of nitrogens with one attached hydrogen (secondary N) is 1. The molecule has 26 heavy (non-hydrogen) atoms. The van der Waals surface area contributed by atoms with Gasteiger partial charge in [-0.2, -0.15) is 0 Å². The van der Waals surface area contributed by atoms with Crippen LogP contribution in [0.5, 0.6) is 11.5 Å². The van der Waals surface area contributed by atoms with Gasteiger partial charge in [0.1, 0.15) is 0 Å². The number of rotatable bonds is 6. The lowest BCUT2D eigenvalue weighted by molar-refractivity contribution is 0.174. The summed E-state index contributed by atoms with van der Waals surface area (Å²) in [5.41, 5.74) is 1.62. The van der Waals surface area contributed by atoms with E-state index in [-0.39, 0.29) is 18.2 Å². The van der Waals surface area contributed by atoms with Crippen LogP contribution in [0.25, 0.3) is 10.2 Å². The summed E-state index contributed by atoms with van der Waals surface area (Å²) in [6.45, 7) is 2.43. The molecular weight excluding hydrogens is 392 g/mol. The van der Waals surface area contributed by atoms with E-state index in [9.17, 15) is 8.42 Å². The van der Waals surface area contributed by atoms with E-state index in [2.05, 4.69) is 16.6 Å². The van der Waals surface area contributed by atoms with Crippen molar-refractivity contribution in [3.05, 3.63) is 42.0 Å². The lowest BCUT2D eigenvalue weighted by Crippen LogP contribution is -2.23. The SMILES string of the molecule is CCSc1nc2ccc(S(=O)(=O)NCc3ccc4c(c3)OCO4)cc2s1. The molecule has 0 unspecified atom stereocenters. The molecule has 3 aromatic rings. The van der Waals surface area contributed by atoms with Gasteiger partial charge in [-0.15, -0.1) is 11.3 Å². The topological polar surface area (TPSA) is 77.5 Å². The number of hydrogen-bond donors (Lipinski definition) is 1. The first kappa shape index (κ1) is 17.6. The van der Waals surface area contributed by atoms with Gasteiger partial charge in [0.2, 0.25) is 16.8 Å². The van der Waals surface area contributed by atoms with Crippen LogP contribution >= 0.6 is 23.1 Å². The molecule has 0 bridgehead atoms. The van der Waals surface area contributed by atoms with Gasteiger partial charge in [-0.05, 0) is 41.6 Å². The lowest BCUT2D eigenvalue weighted by Gasteiger charge is -2.07. The van der Waals surface area contributed by atoms with Crippen LogP contribution in [0.4, 0.5) is 0 Å². The Bertz CT molecular complexity index is 1060. The molecule has 2 heterocycles. The second-order valence-electron chi connectivity index (χ2n) is 5.55. The predicted octanol–water partition coefficient (Wildman–Crippen LogP) is 3.62. The first-order chi connectivity index (χ1) is 12.5. The number of ether oxygens (including phenoxy) is 2. The fourth-order valence-corrected chi connectivity index (χ4v) is 5.67. The Balaban J connectivity index is 1.53. The van der Waals surface area contributed by atoms with Crippen LogP contribution in [0.1, 0.15) is 12.5 Å². The zero-order chi connectivity index (χ0) is 18.1. The number of nitrogens with zero attached hydrogens (tertiary/aromatic N) is 1. The minimum Gasteiger partial charge on any atom is -0.454 e. The Kier molecular flexibility index (Phi) is 4.78. The Morgan fingerprint density at radius 1 is 1.19 bits per heavy atom. The molecule has 0 spiro atoms. The minimum absolute atomic E-state index is 0.177. The van der Waals surface area contributed by atoms with Crippen molar-refractivity contribution in [2.75, 3.05) is 12.5 Å². The van der Waals surface area contributed by atoms with E-state index >= 15 is 0 Å². The van der Waals surface area contributed by atoms with Gasteiger partial charge in [0.15, 0.2) is 15.8 Å². The molecular formula is C17H16N2O4S3. The molecule has 0 atom stereocenters. The van der Waals surface area contributed by atoms with Crippen LogP contribution in [0.2, 0.25) is 0 Å². The van der Waals surface area contributed by atoms with Crippen molar-refractivity contribution in [3.63, 3.8) is 0 Å².